The number of nitrogens with one attached hydrogen (secondary N) is 1. The molecule has 25 heavy (non-hydrogen) atoms. The van der Waals surface area contributed by atoms with Crippen molar-refractivity contribution in [3.63, 3.8) is 0 Å². The number of halogens is 2. The Morgan fingerprint density at radius 3 is 2.04 bits per heavy atom. The second kappa shape index (κ2) is 8.86. The maximum absolute atomic E-state index is 6.15. The minimum absolute atomic E-state index is 0.345. The van der Waals surface area contributed by atoms with Crippen LogP contribution in [-0.4, -0.2) is 4.98 Å². The van der Waals surface area contributed by atoms with Crippen LogP contribution in [0.3, 0.4) is 0 Å². The normalized spacial score (nSPS) is 10.6. The van der Waals surface area contributed by atoms with Crippen LogP contribution in [0.4, 0.5) is 0 Å². The summed E-state index contributed by atoms with van der Waals surface area (Å²) in [7, 11) is 0. The van der Waals surface area contributed by atoms with E-state index >= 15 is 0 Å². The summed E-state index contributed by atoms with van der Waals surface area (Å²) in [6.45, 7) is 1.95. The molecule has 1 N–H and O–H groups in total. The van der Waals surface area contributed by atoms with E-state index in [1.807, 2.05) is 54.6 Å². The van der Waals surface area contributed by atoms with Crippen molar-refractivity contribution in [2.45, 2.75) is 19.7 Å². The molecule has 0 aliphatic heterocycles. The predicted octanol–water partition coefficient (Wildman–Crippen LogP) is 5.26. The van der Waals surface area contributed by atoms with E-state index in [1.165, 1.54) is 11.1 Å². The first-order chi connectivity index (χ1) is 12.2. The van der Waals surface area contributed by atoms with E-state index < -0.39 is 0 Å². The second-order valence-electron chi connectivity index (χ2n) is 5.59. The fourth-order valence-electron chi connectivity index (χ4n) is 2.38. The molecule has 0 aliphatic rings. The lowest BCUT2D eigenvalue weighted by Crippen LogP contribution is -2.12. The highest BCUT2D eigenvalue weighted by atomic mass is 35.5. The molecule has 3 rings (SSSR count). The first-order valence-corrected chi connectivity index (χ1v) is 8.72. The van der Waals surface area contributed by atoms with Gasteiger partial charge in [0.2, 0.25) is 0 Å². The summed E-state index contributed by atoms with van der Waals surface area (Å²) in [5, 5.41) is 4.64. The lowest BCUT2D eigenvalue weighted by atomic mass is 10.2. The molecule has 0 amide bonds. The van der Waals surface area contributed by atoms with Crippen molar-refractivity contribution in [2.75, 3.05) is 0 Å². The van der Waals surface area contributed by atoms with Gasteiger partial charge in [0.25, 0.3) is 0 Å². The van der Waals surface area contributed by atoms with Crippen molar-refractivity contribution in [3.8, 4) is 5.75 Å². The molecule has 1 heterocycles. The molecule has 1 aromatic heterocycles. The summed E-state index contributed by atoms with van der Waals surface area (Å²) in [6, 6.07) is 17.4. The van der Waals surface area contributed by atoms with Gasteiger partial charge in [-0.25, -0.2) is 0 Å². The third-order valence-corrected chi connectivity index (χ3v) is 4.48. The first-order valence-electron chi connectivity index (χ1n) is 7.96. The Morgan fingerprint density at radius 1 is 0.800 bits per heavy atom. The summed E-state index contributed by atoms with van der Waals surface area (Å²) < 4.78 is 5.79. The highest BCUT2D eigenvalue weighted by Gasteiger charge is 2.06. The van der Waals surface area contributed by atoms with Crippen molar-refractivity contribution in [1.82, 2.24) is 10.3 Å². The van der Waals surface area contributed by atoms with Crippen LogP contribution in [0.1, 0.15) is 16.7 Å². The van der Waals surface area contributed by atoms with Crippen LogP contribution in [0, 0.1) is 0 Å². The van der Waals surface area contributed by atoms with Crippen LogP contribution in [-0.2, 0) is 19.7 Å². The zero-order valence-electron chi connectivity index (χ0n) is 13.6. The molecule has 3 aromatic rings. The quantitative estimate of drug-likeness (QED) is 0.614. The molecule has 0 aliphatic carbocycles. The van der Waals surface area contributed by atoms with Crippen molar-refractivity contribution >= 4 is 23.2 Å². The standard InChI is InChI=1S/C20H18Cl2N2O/c21-19-2-1-3-20(22)18(19)14-25-17-6-4-15(5-7-17)12-24-13-16-8-10-23-11-9-16/h1-11,24H,12-14H2. The highest BCUT2D eigenvalue weighted by Crippen LogP contribution is 2.25. The Kier molecular flexibility index (Phi) is 6.29. The topological polar surface area (TPSA) is 34.1 Å². The average Bonchev–Trinajstić information content (AvgIpc) is 2.63. The number of hydrogen-bond acceptors (Lipinski definition) is 3. The Morgan fingerprint density at radius 2 is 1.40 bits per heavy atom. The van der Waals surface area contributed by atoms with Crippen molar-refractivity contribution in [3.05, 3.63) is 93.7 Å². The lowest BCUT2D eigenvalue weighted by Gasteiger charge is -2.10. The van der Waals surface area contributed by atoms with Gasteiger partial charge in [0, 0.05) is 41.1 Å². The third kappa shape index (κ3) is 5.20. The van der Waals surface area contributed by atoms with Crippen LogP contribution < -0.4 is 10.1 Å². The number of benzene rings is 2. The van der Waals surface area contributed by atoms with Gasteiger partial charge in [-0.05, 0) is 47.5 Å². The van der Waals surface area contributed by atoms with Gasteiger partial charge < -0.3 is 10.1 Å². The van der Waals surface area contributed by atoms with Crippen LogP contribution in [0.25, 0.3) is 0 Å². The maximum atomic E-state index is 6.15. The Labute approximate surface area is 157 Å². The smallest absolute Gasteiger partial charge is 0.119 e. The summed E-state index contributed by atoms with van der Waals surface area (Å²) in [4.78, 5) is 4.01. The predicted molar refractivity (Wildman–Crippen MR) is 102 cm³/mol. The molecule has 0 atom stereocenters. The SMILES string of the molecule is Clc1cccc(Cl)c1COc1ccc(CNCc2ccncc2)cc1. The number of rotatable bonds is 7. The number of aromatic nitrogens is 1. The number of nitrogens with zero attached hydrogens (tertiary/aromatic N) is 1. The minimum atomic E-state index is 0.345. The van der Waals surface area contributed by atoms with E-state index in [2.05, 4.69) is 10.3 Å². The summed E-state index contributed by atoms with van der Waals surface area (Å²) in [5.74, 6) is 0.786. The van der Waals surface area contributed by atoms with Gasteiger partial charge in [0.05, 0.1) is 0 Å². The fraction of sp³-hybridized carbons (Fsp3) is 0.150. The summed E-state index contributed by atoms with van der Waals surface area (Å²) >= 11 is 12.3. The molecule has 0 saturated heterocycles. The Bertz CT molecular complexity index is 787. The average molecular weight is 373 g/mol. The fourth-order valence-corrected chi connectivity index (χ4v) is 2.89. The van der Waals surface area contributed by atoms with Crippen molar-refractivity contribution < 1.29 is 4.74 Å². The molecule has 0 fully saturated rings. The highest BCUT2D eigenvalue weighted by molar-refractivity contribution is 6.35. The molecule has 2 aromatic carbocycles. The Hall–Kier alpha value is -2.07. The Balaban J connectivity index is 1.50. The van der Waals surface area contributed by atoms with E-state index in [-0.39, 0.29) is 0 Å². The van der Waals surface area contributed by atoms with Gasteiger partial charge in [-0.3, -0.25) is 4.98 Å². The third-order valence-electron chi connectivity index (χ3n) is 3.78. The van der Waals surface area contributed by atoms with E-state index in [9.17, 15) is 0 Å². The molecule has 3 nitrogen and oxygen atoms in total. The molecule has 0 saturated carbocycles. The van der Waals surface area contributed by atoms with Crippen LogP contribution >= 0.6 is 23.2 Å². The zero-order valence-corrected chi connectivity index (χ0v) is 15.1. The molecular weight excluding hydrogens is 355 g/mol. The van der Waals surface area contributed by atoms with Gasteiger partial charge in [0.15, 0.2) is 0 Å². The number of pyridine rings is 1. The van der Waals surface area contributed by atoms with Crippen molar-refractivity contribution in [1.29, 1.82) is 0 Å². The second-order valence-corrected chi connectivity index (χ2v) is 6.41. The van der Waals surface area contributed by atoms with Gasteiger partial charge in [-0.1, -0.05) is 41.4 Å². The summed E-state index contributed by atoms with van der Waals surface area (Å²) in [5.41, 5.74) is 3.21. The minimum Gasteiger partial charge on any atom is -0.489 e. The summed E-state index contributed by atoms with van der Waals surface area (Å²) in [6.07, 6.45) is 3.60. The zero-order chi connectivity index (χ0) is 17.5. The molecule has 0 spiro atoms. The van der Waals surface area contributed by atoms with Gasteiger partial charge in [-0.15, -0.1) is 0 Å². The molecular formula is C20H18Cl2N2O. The van der Waals surface area contributed by atoms with Crippen molar-refractivity contribution in [2.24, 2.45) is 0 Å². The van der Waals surface area contributed by atoms with Gasteiger partial charge >= 0.3 is 0 Å². The molecule has 0 bridgehead atoms. The first kappa shape index (κ1) is 17.7. The van der Waals surface area contributed by atoms with E-state index in [4.69, 9.17) is 27.9 Å². The van der Waals surface area contributed by atoms with Crippen LogP contribution in [0.2, 0.25) is 10.0 Å². The van der Waals surface area contributed by atoms with E-state index in [1.54, 1.807) is 12.4 Å². The molecule has 5 heteroatoms. The van der Waals surface area contributed by atoms with Crippen LogP contribution in [0.5, 0.6) is 5.75 Å². The van der Waals surface area contributed by atoms with Gasteiger partial charge in [0.1, 0.15) is 12.4 Å². The lowest BCUT2D eigenvalue weighted by molar-refractivity contribution is 0.306. The molecule has 128 valence electrons. The number of hydrogen-bond donors (Lipinski definition) is 1. The molecule has 0 unspecified atom stereocenters. The van der Waals surface area contributed by atoms with Gasteiger partial charge in [-0.2, -0.15) is 0 Å². The monoisotopic (exact) mass is 372 g/mol. The largest absolute Gasteiger partial charge is 0.489 e. The van der Waals surface area contributed by atoms with Crippen LogP contribution in [0.15, 0.2) is 67.0 Å². The number of ether oxygens (including phenoxy) is 1. The molecule has 0 radical (unpaired) electrons. The van der Waals surface area contributed by atoms with E-state index in [0.29, 0.717) is 16.7 Å². The maximum Gasteiger partial charge on any atom is 0.119 e. The van der Waals surface area contributed by atoms with E-state index in [0.717, 1.165) is 24.4 Å².